The number of hydrogen-bond acceptors (Lipinski definition) is 4. The molecule has 1 heterocycles. The quantitative estimate of drug-likeness (QED) is 0.867. The van der Waals surface area contributed by atoms with Crippen LogP contribution in [-0.2, 0) is 11.3 Å². The summed E-state index contributed by atoms with van der Waals surface area (Å²) in [6.07, 6.45) is 0.860. The summed E-state index contributed by atoms with van der Waals surface area (Å²) in [6.45, 7) is 4.43. The van der Waals surface area contributed by atoms with Crippen molar-refractivity contribution >= 4 is 11.6 Å². The van der Waals surface area contributed by atoms with Crippen LogP contribution in [0.25, 0.3) is 0 Å². The standard InChI is InChI=1S/C16H25N3O2/c1-16(7-8-17-11-16)15(20)18-13-9-12(10-19(2)3)5-6-14(13)21-4/h5-6,9,17H,7-8,10-11H2,1-4H3,(H,18,20). The van der Waals surface area contributed by atoms with Gasteiger partial charge >= 0.3 is 0 Å². The summed E-state index contributed by atoms with van der Waals surface area (Å²) in [5.74, 6) is 0.744. The van der Waals surface area contributed by atoms with Crippen molar-refractivity contribution in [3.8, 4) is 5.75 Å². The van der Waals surface area contributed by atoms with E-state index in [0.29, 0.717) is 5.75 Å². The van der Waals surface area contributed by atoms with E-state index >= 15 is 0 Å². The lowest BCUT2D eigenvalue weighted by atomic mass is 9.88. The largest absolute Gasteiger partial charge is 0.495 e. The molecule has 1 aliphatic rings. The Morgan fingerprint density at radius 3 is 2.81 bits per heavy atom. The lowest BCUT2D eigenvalue weighted by Crippen LogP contribution is -2.35. The number of nitrogens with one attached hydrogen (secondary N) is 2. The van der Waals surface area contributed by atoms with E-state index in [2.05, 4.69) is 15.5 Å². The van der Waals surface area contributed by atoms with Gasteiger partial charge in [-0.2, -0.15) is 0 Å². The molecule has 2 N–H and O–H groups in total. The Kier molecular flexibility index (Phi) is 4.85. The second kappa shape index (κ2) is 6.45. The zero-order valence-electron chi connectivity index (χ0n) is 13.3. The van der Waals surface area contributed by atoms with Crippen molar-refractivity contribution in [3.05, 3.63) is 23.8 Å². The maximum atomic E-state index is 12.5. The van der Waals surface area contributed by atoms with Crippen molar-refractivity contribution in [2.24, 2.45) is 5.41 Å². The zero-order valence-corrected chi connectivity index (χ0v) is 13.3. The number of nitrogens with zero attached hydrogens (tertiary/aromatic N) is 1. The van der Waals surface area contributed by atoms with E-state index in [0.717, 1.165) is 37.3 Å². The number of anilines is 1. The summed E-state index contributed by atoms with van der Waals surface area (Å²) in [4.78, 5) is 14.6. The molecule has 0 bridgehead atoms. The summed E-state index contributed by atoms with van der Waals surface area (Å²) in [5.41, 5.74) is 1.54. The number of hydrogen-bond donors (Lipinski definition) is 2. The Morgan fingerprint density at radius 1 is 1.48 bits per heavy atom. The van der Waals surface area contributed by atoms with Gasteiger partial charge in [0.25, 0.3) is 0 Å². The molecule has 0 saturated carbocycles. The summed E-state index contributed by atoms with van der Waals surface area (Å²) in [6, 6.07) is 5.92. The van der Waals surface area contributed by atoms with Crippen LogP contribution >= 0.6 is 0 Å². The smallest absolute Gasteiger partial charge is 0.231 e. The SMILES string of the molecule is COc1ccc(CN(C)C)cc1NC(=O)C1(C)CCNC1. The Morgan fingerprint density at radius 2 is 2.24 bits per heavy atom. The van der Waals surface area contributed by atoms with Crippen molar-refractivity contribution in [2.45, 2.75) is 19.9 Å². The maximum Gasteiger partial charge on any atom is 0.231 e. The van der Waals surface area contributed by atoms with Crippen LogP contribution in [0.15, 0.2) is 18.2 Å². The molecule has 5 heteroatoms. The fourth-order valence-electron chi connectivity index (χ4n) is 2.60. The molecule has 116 valence electrons. The molecule has 1 unspecified atom stereocenters. The van der Waals surface area contributed by atoms with E-state index < -0.39 is 0 Å². The van der Waals surface area contributed by atoms with Crippen LogP contribution in [0.3, 0.4) is 0 Å². The highest BCUT2D eigenvalue weighted by atomic mass is 16.5. The van der Waals surface area contributed by atoms with Crippen LogP contribution in [-0.4, -0.2) is 45.1 Å². The molecule has 1 fully saturated rings. The molecular weight excluding hydrogens is 266 g/mol. The summed E-state index contributed by atoms with van der Waals surface area (Å²) in [5, 5.41) is 6.28. The van der Waals surface area contributed by atoms with Gasteiger partial charge in [0.15, 0.2) is 0 Å². The summed E-state index contributed by atoms with van der Waals surface area (Å²) >= 11 is 0. The third-order valence-corrected chi connectivity index (χ3v) is 3.93. The number of carbonyl (C=O) groups is 1. The first kappa shape index (κ1) is 15.8. The fraction of sp³-hybridized carbons (Fsp3) is 0.562. The monoisotopic (exact) mass is 291 g/mol. The number of methoxy groups -OCH3 is 1. The fourth-order valence-corrected chi connectivity index (χ4v) is 2.60. The summed E-state index contributed by atoms with van der Waals surface area (Å²) in [7, 11) is 5.66. The van der Waals surface area contributed by atoms with E-state index in [4.69, 9.17) is 4.74 Å². The Balaban J connectivity index is 2.18. The highest BCUT2D eigenvalue weighted by Gasteiger charge is 2.36. The van der Waals surface area contributed by atoms with Gasteiger partial charge in [-0.15, -0.1) is 0 Å². The van der Waals surface area contributed by atoms with Crippen LogP contribution < -0.4 is 15.4 Å². The van der Waals surface area contributed by atoms with Crippen molar-refractivity contribution < 1.29 is 9.53 Å². The van der Waals surface area contributed by atoms with Gasteiger partial charge in [-0.1, -0.05) is 6.07 Å². The number of benzene rings is 1. The van der Waals surface area contributed by atoms with Gasteiger partial charge in [0.05, 0.1) is 18.2 Å². The highest BCUT2D eigenvalue weighted by molar-refractivity contribution is 5.96. The van der Waals surface area contributed by atoms with Crippen LogP contribution in [0.4, 0.5) is 5.69 Å². The van der Waals surface area contributed by atoms with Crippen LogP contribution in [0, 0.1) is 5.41 Å². The molecule has 1 aromatic carbocycles. The molecule has 1 atom stereocenters. The Bertz CT molecular complexity index is 508. The molecule has 0 radical (unpaired) electrons. The van der Waals surface area contributed by atoms with E-state index in [1.807, 2.05) is 39.2 Å². The second-order valence-electron chi connectivity index (χ2n) is 6.21. The number of amides is 1. The van der Waals surface area contributed by atoms with Crippen molar-refractivity contribution in [3.63, 3.8) is 0 Å². The molecule has 2 rings (SSSR count). The van der Waals surface area contributed by atoms with Gasteiger partial charge in [-0.25, -0.2) is 0 Å². The Labute approximate surface area is 126 Å². The first-order valence-corrected chi connectivity index (χ1v) is 7.28. The van der Waals surface area contributed by atoms with E-state index in [1.165, 1.54) is 0 Å². The third-order valence-electron chi connectivity index (χ3n) is 3.93. The van der Waals surface area contributed by atoms with Gasteiger partial charge in [0.2, 0.25) is 5.91 Å². The van der Waals surface area contributed by atoms with E-state index in [-0.39, 0.29) is 11.3 Å². The molecular formula is C16H25N3O2. The first-order valence-electron chi connectivity index (χ1n) is 7.28. The lowest BCUT2D eigenvalue weighted by Gasteiger charge is -2.22. The Hall–Kier alpha value is -1.59. The lowest BCUT2D eigenvalue weighted by molar-refractivity contribution is -0.123. The zero-order chi connectivity index (χ0) is 15.5. The molecule has 0 aromatic heterocycles. The molecule has 1 amide bonds. The third kappa shape index (κ3) is 3.74. The average Bonchev–Trinajstić information content (AvgIpc) is 2.87. The summed E-state index contributed by atoms with van der Waals surface area (Å²) < 4.78 is 5.36. The van der Waals surface area contributed by atoms with Gasteiger partial charge in [-0.05, 0) is 51.7 Å². The predicted octanol–water partition coefficient (Wildman–Crippen LogP) is 1.69. The highest BCUT2D eigenvalue weighted by Crippen LogP contribution is 2.30. The average molecular weight is 291 g/mol. The van der Waals surface area contributed by atoms with Crippen LogP contribution in [0.5, 0.6) is 5.75 Å². The molecule has 1 aromatic rings. The van der Waals surface area contributed by atoms with Gasteiger partial charge in [0.1, 0.15) is 5.75 Å². The topological polar surface area (TPSA) is 53.6 Å². The predicted molar refractivity (Wildman–Crippen MR) is 84.6 cm³/mol. The minimum Gasteiger partial charge on any atom is -0.495 e. The van der Waals surface area contributed by atoms with E-state index in [9.17, 15) is 4.79 Å². The van der Waals surface area contributed by atoms with Crippen molar-refractivity contribution in [1.29, 1.82) is 0 Å². The molecule has 1 saturated heterocycles. The minimum absolute atomic E-state index is 0.0489. The normalized spacial score (nSPS) is 21.6. The first-order chi connectivity index (χ1) is 9.94. The van der Waals surface area contributed by atoms with Gasteiger partial charge in [0, 0.05) is 13.1 Å². The molecule has 5 nitrogen and oxygen atoms in total. The van der Waals surface area contributed by atoms with Crippen LogP contribution in [0.1, 0.15) is 18.9 Å². The molecule has 0 spiro atoms. The number of carbonyl (C=O) groups excluding carboxylic acids is 1. The number of ether oxygens (including phenoxy) is 1. The van der Waals surface area contributed by atoms with Crippen molar-refractivity contribution in [2.75, 3.05) is 39.6 Å². The molecule has 21 heavy (non-hydrogen) atoms. The molecule has 1 aliphatic heterocycles. The van der Waals surface area contributed by atoms with E-state index in [1.54, 1.807) is 7.11 Å². The minimum atomic E-state index is -0.345. The second-order valence-corrected chi connectivity index (χ2v) is 6.21. The number of rotatable bonds is 5. The van der Waals surface area contributed by atoms with Crippen molar-refractivity contribution in [1.82, 2.24) is 10.2 Å². The maximum absolute atomic E-state index is 12.5. The van der Waals surface area contributed by atoms with Crippen LogP contribution in [0.2, 0.25) is 0 Å². The van der Waals surface area contributed by atoms with Gasteiger partial charge < -0.3 is 20.3 Å². The molecule has 0 aliphatic carbocycles. The van der Waals surface area contributed by atoms with Gasteiger partial charge in [-0.3, -0.25) is 4.79 Å².